The molecule has 0 saturated carbocycles. The number of anilines is 3. The van der Waals surface area contributed by atoms with Crippen LogP contribution in [0.3, 0.4) is 0 Å². The van der Waals surface area contributed by atoms with Crippen LogP contribution in [0.5, 0.6) is 0 Å². The predicted octanol–water partition coefficient (Wildman–Crippen LogP) is 2.25. The third-order valence-electron chi connectivity index (χ3n) is 2.08. The monoisotopic (exact) mass is 218 g/mol. The largest absolute Gasteiger partial charge is 0.384 e. The van der Waals surface area contributed by atoms with Gasteiger partial charge in [0.25, 0.3) is 0 Å². The lowest BCUT2D eigenvalue weighted by Gasteiger charge is -2.07. The second-order valence-electron chi connectivity index (χ2n) is 3.44. The van der Waals surface area contributed by atoms with Crippen LogP contribution in [0.2, 0.25) is 0 Å². The van der Waals surface area contributed by atoms with E-state index in [2.05, 4.69) is 15.3 Å². The molecule has 3 N–H and O–H groups in total. The maximum absolute atomic E-state index is 13.5. The number of halogens is 1. The van der Waals surface area contributed by atoms with Crippen LogP contribution in [0.25, 0.3) is 0 Å². The van der Waals surface area contributed by atoms with Gasteiger partial charge >= 0.3 is 0 Å². The highest BCUT2D eigenvalue weighted by Crippen LogP contribution is 2.19. The fraction of sp³-hybridized carbons (Fsp3) is 0.0909. The van der Waals surface area contributed by atoms with E-state index < -0.39 is 0 Å². The number of nitrogens with zero attached hydrogens (tertiary/aromatic N) is 2. The average molecular weight is 218 g/mol. The summed E-state index contributed by atoms with van der Waals surface area (Å²) in [6.07, 6.45) is 1.32. The molecule has 5 heteroatoms. The molecule has 4 nitrogen and oxygen atoms in total. The molecule has 0 amide bonds. The summed E-state index contributed by atoms with van der Waals surface area (Å²) in [5.74, 6) is 0.484. The maximum atomic E-state index is 13.5. The van der Waals surface area contributed by atoms with E-state index in [9.17, 15) is 4.39 Å². The summed E-state index contributed by atoms with van der Waals surface area (Å²) in [6, 6.07) is 6.46. The minimum atomic E-state index is -0.322. The molecule has 2 aromatic rings. The summed E-state index contributed by atoms with van der Waals surface area (Å²) in [5.41, 5.74) is 6.72. The van der Waals surface area contributed by atoms with Gasteiger partial charge in [-0.15, -0.1) is 0 Å². The molecule has 1 heterocycles. The summed E-state index contributed by atoms with van der Waals surface area (Å²) in [6.45, 7) is 1.83. The second kappa shape index (κ2) is 4.14. The molecule has 0 bridgehead atoms. The highest BCUT2D eigenvalue weighted by molar-refractivity contribution is 5.59. The van der Waals surface area contributed by atoms with Gasteiger partial charge in [0.2, 0.25) is 0 Å². The van der Waals surface area contributed by atoms with E-state index in [0.717, 1.165) is 5.56 Å². The first-order valence-electron chi connectivity index (χ1n) is 4.76. The summed E-state index contributed by atoms with van der Waals surface area (Å²) in [7, 11) is 0. The fourth-order valence-electron chi connectivity index (χ4n) is 1.30. The van der Waals surface area contributed by atoms with Crippen molar-refractivity contribution in [2.45, 2.75) is 6.92 Å². The van der Waals surface area contributed by atoms with Gasteiger partial charge < -0.3 is 11.1 Å². The first kappa shape index (κ1) is 10.4. The van der Waals surface area contributed by atoms with Gasteiger partial charge in [0, 0.05) is 6.07 Å². The fourth-order valence-corrected chi connectivity index (χ4v) is 1.30. The average Bonchev–Trinajstić information content (AvgIpc) is 2.22. The Morgan fingerprint density at radius 3 is 2.75 bits per heavy atom. The van der Waals surface area contributed by atoms with Crippen molar-refractivity contribution in [3.05, 3.63) is 42.0 Å². The predicted molar refractivity (Wildman–Crippen MR) is 60.9 cm³/mol. The van der Waals surface area contributed by atoms with Gasteiger partial charge in [-0.05, 0) is 24.6 Å². The highest BCUT2D eigenvalue weighted by Gasteiger charge is 2.03. The molecule has 0 fully saturated rings. The third-order valence-corrected chi connectivity index (χ3v) is 2.08. The Hall–Kier alpha value is -2.17. The number of rotatable bonds is 2. The maximum Gasteiger partial charge on any atom is 0.146 e. The zero-order valence-electron chi connectivity index (χ0n) is 8.74. The Morgan fingerprint density at radius 2 is 2.06 bits per heavy atom. The SMILES string of the molecule is Cc1ccc(Nc2cc(N)ncn2)c(F)c1. The molecule has 1 aromatic heterocycles. The van der Waals surface area contributed by atoms with Crippen molar-refractivity contribution >= 4 is 17.3 Å². The first-order valence-corrected chi connectivity index (χ1v) is 4.76. The Morgan fingerprint density at radius 1 is 1.25 bits per heavy atom. The van der Waals surface area contributed by atoms with Crippen LogP contribution in [-0.4, -0.2) is 9.97 Å². The van der Waals surface area contributed by atoms with Crippen molar-refractivity contribution in [2.75, 3.05) is 11.1 Å². The Kier molecular flexibility index (Phi) is 2.68. The van der Waals surface area contributed by atoms with Crippen molar-refractivity contribution < 1.29 is 4.39 Å². The lowest BCUT2D eigenvalue weighted by atomic mass is 10.2. The van der Waals surface area contributed by atoms with Crippen molar-refractivity contribution in [3.8, 4) is 0 Å². The highest BCUT2D eigenvalue weighted by atomic mass is 19.1. The van der Waals surface area contributed by atoms with Crippen molar-refractivity contribution in [2.24, 2.45) is 0 Å². The van der Waals surface area contributed by atoms with Crippen LogP contribution in [0.4, 0.5) is 21.7 Å². The summed E-state index contributed by atoms with van der Waals surface area (Å²) >= 11 is 0. The van der Waals surface area contributed by atoms with E-state index >= 15 is 0 Å². The summed E-state index contributed by atoms with van der Waals surface area (Å²) in [4.78, 5) is 7.68. The van der Waals surface area contributed by atoms with Crippen LogP contribution >= 0.6 is 0 Å². The minimum absolute atomic E-state index is 0.322. The quantitative estimate of drug-likeness (QED) is 0.811. The smallest absolute Gasteiger partial charge is 0.146 e. The number of nitrogen functional groups attached to an aromatic ring is 1. The molecule has 0 aliphatic rings. The molecule has 16 heavy (non-hydrogen) atoms. The number of benzene rings is 1. The van der Waals surface area contributed by atoms with Gasteiger partial charge in [0.05, 0.1) is 5.69 Å². The number of aromatic nitrogens is 2. The zero-order chi connectivity index (χ0) is 11.5. The molecule has 0 atom stereocenters. The molecular weight excluding hydrogens is 207 g/mol. The van der Waals surface area contributed by atoms with Crippen molar-refractivity contribution in [3.63, 3.8) is 0 Å². The van der Waals surface area contributed by atoms with Crippen LogP contribution in [-0.2, 0) is 0 Å². The second-order valence-corrected chi connectivity index (χ2v) is 3.44. The van der Waals surface area contributed by atoms with E-state index in [1.165, 1.54) is 12.4 Å². The molecule has 82 valence electrons. The third kappa shape index (κ3) is 2.25. The van der Waals surface area contributed by atoms with E-state index in [1.54, 1.807) is 12.1 Å². The number of nitrogens with one attached hydrogen (secondary N) is 1. The van der Waals surface area contributed by atoms with Gasteiger partial charge in [-0.3, -0.25) is 0 Å². The molecule has 0 aliphatic heterocycles. The normalized spacial score (nSPS) is 10.1. The molecule has 0 unspecified atom stereocenters. The summed E-state index contributed by atoms with van der Waals surface area (Å²) in [5, 5.41) is 2.83. The van der Waals surface area contributed by atoms with E-state index in [-0.39, 0.29) is 5.82 Å². The van der Waals surface area contributed by atoms with Gasteiger partial charge in [0.15, 0.2) is 0 Å². The number of nitrogens with two attached hydrogens (primary N) is 1. The van der Waals surface area contributed by atoms with Gasteiger partial charge in [-0.2, -0.15) is 0 Å². The number of hydrogen-bond donors (Lipinski definition) is 2. The molecular formula is C11H11FN4. The topological polar surface area (TPSA) is 63.8 Å². The molecule has 0 spiro atoms. The van der Waals surface area contributed by atoms with Crippen LogP contribution in [0.15, 0.2) is 30.6 Å². The Balaban J connectivity index is 2.27. The van der Waals surface area contributed by atoms with E-state index in [1.807, 2.05) is 13.0 Å². The lowest BCUT2D eigenvalue weighted by molar-refractivity contribution is 0.630. The van der Waals surface area contributed by atoms with E-state index in [4.69, 9.17) is 5.73 Å². The summed E-state index contributed by atoms with van der Waals surface area (Å²) < 4.78 is 13.5. The standard InChI is InChI=1S/C11H11FN4/c1-7-2-3-9(8(12)4-7)16-11-5-10(13)14-6-15-11/h2-6H,1H3,(H3,13,14,15,16). The van der Waals surface area contributed by atoms with Gasteiger partial charge in [-0.25, -0.2) is 14.4 Å². The van der Waals surface area contributed by atoms with Gasteiger partial charge in [0.1, 0.15) is 23.8 Å². The molecule has 1 aromatic carbocycles. The zero-order valence-corrected chi connectivity index (χ0v) is 8.74. The first-order chi connectivity index (χ1) is 7.65. The van der Waals surface area contributed by atoms with Crippen LogP contribution < -0.4 is 11.1 Å². The van der Waals surface area contributed by atoms with E-state index in [0.29, 0.717) is 17.3 Å². The minimum Gasteiger partial charge on any atom is -0.384 e. The lowest BCUT2D eigenvalue weighted by Crippen LogP contribution is -1.99. The van der Waals surface area contributed by atoms with Crippen LogP contribution in [0.1, 0.15) is 5.56 Å². The van der Waals surface area contributed by atoms with Crippen LogP contribution in [0, 0.1) is 12.7 Å². The Labute approximate surface area is 92.3 Å². The number of hydrogen-bond acceptors (Lipinski definition) is 4. The molecule has 0 aliphatic carbocycles. The Bertz CT molecular complexity index is 513. The number of aryl methyl sites for hydroxylation is 1. The molecule has 0 saturated heterocycles. The molecule has 2 rings (SSSR count). The van der Waals surface area contributed by atoms with Crippen molar-refractivity contribution in [1.82, 2.24) is 9.97 Å². The van der Waals surface area contributed by atoms with Crippen molar-refractivity contribution in [1.29, 1.82) is 0 Å². The molecule has 0 radical (unpaired) electrons. The van der Waals surface area contributed by atoms with Gasteiger partial charge in [-0.1, -0.05) is 6.07 Å².